The topological polar surface area (TPSA) is 75.1 Å². The summed E-state index contributed by atoms with van der Waals surface area (Å²) in [6.07, 6.45) is 1.82. The summed E-state index contributed by atoms with van der Waals surface area (Å²) in [5.41, 5.74) is 0.0386. The Morgan fingerprint density at radius 3 is 2.90 bits per heavy atom. The van der Waals surface area contributed by atoms with Gasteiger partial charge in [0.1, 0.15) is 5.82 Å². The van der Waals surface area contributed by atoms with E-state index in [9.17, 15) is 4.79 Å². The fourth-order valence-electron chi connectivity index (χ4n) is 2.10. The highest BCUT2D eigenvalue weighted by molar-refractivity contribution is 7.11. The van der Waals surface area contributed by atoms with Gasteiger partial charge in [-0.15, -0.1) is 11.3 Å². The van der Waals surface area contributed by atoms with Crippen LogP contribution in [0.2, 0.25) is 0 Å². The first-order chi connectivity index (χ1) is 10.1. The van der Waals surface area contributed by atoms with Gasteiger partial charge >= 0.3 is 5.97 Å². The molecule has 106 valence electrons. The van der Waals surface area contributed by atoms with E-state index in [0.29, 0.717) is 12.4 Å². The number of fused-ring (bicyclic) bond motifs is 1. The van der Waals surface area contributed by atoms with Crippen LogP contribution in [0.3, 0.4) is 0 Å². The number of pyridine rings is 1. The van der Waals surface area contributed by atoms with Crippen LogP contribution >= 0.6 is 11.3 Å². The smallest absolute Gasteiger partial charge is 0.354 e. The van der Waals surface area contributed by atoms with E-state index in [4.69, 9.17) is 5.11 Å². The van der Waals surface area contributed by atoms with Gasteiger partial charge in [0.05, 0.1) is 11.6 Å². The summed E-state index contributed by atoms with van der Waals surface area (Å²) in [7, 11) is 0. The third-order valence-corrected chi connectivity index (χ3v) is 3.97. The van der Waals surface area contributed by atoms with Gasteiger partial charge in [-0.3, -0.25) is 0 Å². The molecule has 1 aromatic carbocycles. The predicted molar refractivity (Wildman–Crippen MR) is 82.9 cm³/mol. The van der Waals surface area contributed by atoms with Crippen molar-refractivity contribution in [2.24, 2.45) is 0 Å². The van der Waals surface area contributed by atoms with Crippen LogP contribution in [0, 0.1) is 6.92 Å². The third kappa shape index (κ3) is 2.85. The molecule has 2 aromatic heterocycles. The van der Waals surface area contributed by atoms with Crippen molar-refractivity contribution in [3.05, 3.63) is 52.1 Å². The maximum absolute atomic E-state index is 11.2. The molecule has 3 aromatic rings. The number of anilines is 1. The van der Waals surface area contributed by atoms with E-state index in [1.807, 2.05) is 37.4 Å². The lowest BCUT2D eigenvalue weighted by Crippen LogP contribution is -2.06. The van der Waals surface area contributed by atoms with Crippen LogP contribution in [0.1, 0.15) is 20.4 Å². The lowest BCUT2D eigenvalue weighted by atomic mass is 10.1. The lowest BCUT2D eigenvalue weighted by Gasteiger charge is -2.09. The van der Waals surface area contributed by atoms with Crippen molar-refractivity contribution in [1.82, 2.24) is 9.97 Å². The van der Waals surface area contributed by atoms with Crippen molar-refractivity contribution in [3.8, 4) is 0 Å². The van der Waals surface area contributed by atoms with Gasteiger partial charge in [0.2, 0.25) is 0 Å². The fraction of sp³-hybridized carbons (Fsp3) is 0.133. The Bertz CT molecular complexity index is 814. The van der Waals surface area contributed by atoms with Crippen LogP contribution in [0.4, 0.5) is 5.82 Å². The molecule has 0 aliphatic carbocycles. The number of hydrogen-bond donors (Lipinski definition) is 2. The molecule has 0 spiro atoms. The Labute approximate surface area is 125 Å². The molecule has 21 heavy (non-hydrogen) atoms. The van der Waals surface area contributed by atoms with Gasteiger partial charge in [0.15, 0.2) is 5.69 Å². The monoisotopic (exact) mass is 299 g/mol. The number of carboxylic acids is 1. The molecule has 0 saturated heterocycles. The molecule has 0 saturated carbocycles. The molecule has 2 heterocycles. The highest BCUT2D eigenvalue weighted by Crippen LogP contribution is 2.23. The van der Waals surface area contributed by atoms with Crippen LogP contribution in [0.25, 0.3) is 10.8 Å². The largest absolute Gasteiger partial charge is 0.477 e. The minimum Gasteiger partial charge on any atom is -0.477 e. The minimum absolute atomic E-state index is 0.0386. The maximum atomic E-state index is 11.2. The minimum atomic E-state index is -1.03. The normalized spacial score (nSPS) is 10.7. The Kier molecular flexibility index (Phi) is 3.53. The molecule has 0 aliphatic rings. The van der Waals surface area contributed by atoms with Gasteiger partial charge in [-0.05, 0) is 18.4 Å². The van der Waals surface area contributed by atoms with Crippen molar-refractivity contribution in [2.75, 3.05) is 5.32 Å². The van der Waals surface area contributed by atoms with E-state index in [1.165, 1.54) is 0 Å². The second-order valence-electron chi connectivity index (χ2n) is 4.58. The summed E-state index contributed by atoms with van der Waals surface area (Å²) in [6.45, 7) is 2.53. The SMILES string of the molecule is Cc1ncc(CNc2nc(C(=O)O)cc3ccccc23)s1. The quantitative estimate of drug-likeness (QED) is 0.773. The van der Waals surface area contributed by atoms with Crippen molar-refractivity contribution in [3.63, 3.8) is 0 Å². The Morgan fingerprint density at radius 2 is 2.19 bits per heavy atom. The first kappa shape index (κ1) is 13.5. The van der Waals surface area contributed by atoms with E-state index >= 15 is 0 Å². The average Bonchev–Trinajstić information content (AvgIpc) is 2.90. The molecule has 2 N–H and O–H groups in total. The maximum Gasteiger partial charge on any atom is 0.354 e. The molecule has 0 radical (unpaired) electrons. The second-order valence-corrected chi connectivity index (χ2v) is 5.90. The first-order valence-corrected chi connectivity index (χ1v) is 7.23. The van der Waals surface area contributed by atoms with Crippen LogP contribution < -0.4 is 5.32 Å². The number of rotatable bonds is 4. The lowest BCUT2D eigenvalue weighted by molar-refractivity contribution is 0.0691. The number of thiazole rings is 1. The van der Waals surface area contributed by atoms with Crippen molar-refractivity contribution in [2.45, 2.75) is 13.5 Å². The number of hydrogen-bond acceptors (Lipinski definition) is 5. The molecule has 3 rings (SSSR count). The molecular weight excluding hydrogens is 286 g/mol. The van der Waals surface area contributed by atoms with E-state index in [2.05, 4.69) is 15.3 Å². The molecule has 0 unspecified atom stereocenters. The van der Waals surface area contributed by atoms with Crippen LogP contribution in [-0.2, 0) is 6.54 Å². The van der Waals surface area contributed by atoms with Gasteiger partial charge in [0, 0.05) is 16.5 Å². The molecular formula is C15H13N3O2S. The molecule has 0 fully saturated rings. The number of aromatic carboxylic acids is 1. The van der Waals surface area contributed by atoms with E-state index < -0.39 is 5.97 Å². The number of aromatic nitrogens is 2. The zero-order valence-corrected chi connectivity index (χ0v) is 12.1. The first-order valence-electron chi connectivity index (χ1n) is 6.42. The summed E-state index contributed by atoms with van der Waals surface area (Å²) in [5.74, 6) is -0.450. The molecule has 5 nitrogen and oxygen atoms in total. The fourth-order valence-corrected chi connectivity index (χ4v) is 2.84. The molecule has 0 aliphatic heterocycles. The second kappa shape index (κ2) is 5.49. The zero-order chi connectivity index (χ0) is 14.8. The Hall–Kier alpha value is -2.47. The molecule has 0 atom stereocenters. The Balaban J connectivity index is 1.97. The zero-order valence-electron chi connectivity index (χ0n) is 11.3. The van der Waals surface area contributed by atoms with E-state index in [0.717, 1.165) is 20.7 Å². The van der Waals surface area contributed by atoms with E-state index in [1.54, 1.807) is 17.4 Å². The van der Waals surface area contributed by atoms with Crippen LogP contribution in [0.5, 0.6) is 0 Å². The number of nitrogens with zero attached hydrogens (tertiary/aromatic N) is 2. The summed E-state index contributed by atoms with van der Waals surface area (Å²) in [5, 5.41) is 15.1. The number of benzene rings is 1. The molecule has 6 heteroatoms. The number of aryl methyl sites for hydroxylation is 1. The summed E-state index contributed by atoms with van der Waals surface area (Å²) in [4.78, 5) is 20.7. The van der Waals surface area contributed by atoms with Crippen molar-refractivity contribution >= 4 is 33.9 Å². The third-order valence-electron chi connectivity index (χ3n) is 3.06. The summed E-state index contributed by atoms with van der Waals surface area (Å²) in [6, 6.07) is 9.18. The summed E-state index contributed by atoms with van der Waals surface area (Å²) >= 11 is 1.61. The van der Waals surface area contributed by atoms with Gasteiger partial charge in [-0.1, -0.05) is 24.3 Å². The summed E-state index contributed by atoms with van der Waals surface area (Å²) < 4.78 is 0. The number of carbonyl (C=O) groups is 1. The van der Waals surface area contributed by atoms with Crippen molar-refractivity contribution in [1.29, 1.82) is 0 Å². The van der Waals surface area contributed by atoms with Crippen LogP contribution in [-0.4, -0.2) is 21.0 Å². The predicted octanol–water partition coefficient (Wildman–Crippen LogP) is 3.31. The average molecular weight is 299 g/mol. The van der Waals surface area contributed by atoms with Crippen LogP contribution in [0.15, 0.2) is 36.5 Å². The van der Waals surface area contributed by atoms with E-state index in [-0.39, 0.29) is 5.69 Å². The van der Waals surface area contributed by atoms with Gasteiger partial charge < -0.3 is 10.4 Å². The molecule has 0 amide bonds. The van der Waals surface area contributed by atoms with Gasteiger partial charge in [0.25, 0.3) is 0 Å². The number of carboxylic acid groups (broad SMARTS) is 1. The number of nitrogens with one attached hydrogen (secondary N) is 1. The highest BCUT2D eigenvalue weighted by Gasteiger charge is 2.11. The van der Waals surface area contributed by atoms with Crippen molar-refractivity contribution < 1.29 is 9.90 Å². The van der Waals surface area contributed by atoms with Gasteiger partial charge in [-0.2, -0.15) is 0 Å². The standard InChI is InChI=1S/C15H13N3O2S/c1-9-16-7-11(21-9)8-17-14-12-5-3-2-4-10(12)6-13(18-14)15(19)20/h2-7H,8H2,1H3,(H,17,18)(H,19,20). The molecule has 0 bridgehead atoms. The highest BCUT2D eigenvalue weighted by atomic mass is 32.1. The van der Waals surface area contributed by atoms with Gasteiger partial charge in [-0.25, -0.2) is 14.8 Å². The Morgan fingerprint density at radius 1 is 1.38 bits per heavy atom.